The molecule has 0 spiro atoms. The number of thiophene rings is 1. The third-order valence-electron chi connectivity index (χ3n) is 1.83. The summed E-state index contributed by atoms with van der Waals surface area (Å²) in [7, 11) is 0. The van der Waals surface area contributed by atoms with Crippen LogP contribution in [0.1, 0.15) is 53.3 Å². The summed E-state index contributed by atoms with van der Waals surface area (Å²) in [5.74, 6) is 0. The van der Waals surface area contributed by atoms with Gasteiger partial charge in [-0.3, -0.25) is 0 Å². The van der Waals surface area contributed by atoms with Crippen LogP contribution in [0.25, 0.3) is 10.1 Å². The first-order valence-corrected chi connectivity index (χ1v) is 7.69. The molecule has 1 aromatic carbocycles. The Morgan fingerprint density at radius 1 is 0.882 bits per heavy atom. The zero-order chi connectivity index (χ0) is 13.7. The monoisotopic (exact) mass is 252 g/mol. The first-order chi connectivity index (χ1) is 8.40. The number of aryl methyl sites for hydroxylation is 1. The second-order valence-corrected chi connectivity index (χ2v) is 3.77. The maximum absolute atomic E-state index is 2.28. The second kappa shape index (κ2) is 13.2. The highest BCUT2D eigenvalue weighted by molar-refractivity contribution is 7.19. The topological polar surface area (TPSA) is 0 Å². The zero-order valence-corrected chi connectivity index (χ0v) is 13.3. The molecule has 1 heteroatoms. The number of rotatable bonds is 1. The van der Waals surface area contributed by atoms with E-state index in [9.17, 15) is 0 Å². The van der Waals surface area contributed by atoms with Gasteiger partial charge in [-0.25, -0.2) is 0 Å². The molecule has 0 radical (unpaired) electrons. The van der Waals surface area contributed by atoms with Crippen molar-refractivity contribution in [3.8, 4) is 0 Å². The number of benzene rings is 1. The van der Waals surface area contributed by atoms with Gasteiger partial charge in [0, 0.05) is 9.58 Å². The summed E-state index contributed by atoms with van der Waals surface area (Å²) < 4.78 is 1.41. The zero-order valence-electron chi connectivity index (χ0n) is 12.5. The normalized spacial score (nSPS) is 7.94. The standard InChI is InChI=1S/C10H10S.3C2H6/c1-2-9-7-8-5-3-4-6-10(8)11-9;3*1-2/h3-7H,2H2,1H3;3*1-2H3. The van der Waals surface area contributed by atoms with E-state index in [1.807, 2.05) is 52.9 Å². The molecule has 0 N–H and O–H groups in total. The van der Waals surface area contributed by atoms with Gasteiger partial charge in [0.1, 0.15) is 0 Å². The lowest BCUT2D eigenvalue weighted by Gasteiger charge is -1.82. The predicted molar refractivity (Wildman–Crippen MR) is 85.2 cm³/mol. The van der Waals surface area contributed by atoms with Gasteiger partial charge in [-0.1, -0.05) is 66.7 Å². The van der Waals surface area contributed by atoms with E-state index in [2.05, 4.69) is 37.3 Å². The van der Waals surface area contributed by atoms with Crippen LogP contribution in [0.15, 0.2) is 30.3 Å². The fraction of sp³-hybridized carbons (Fsp3) is 0.500. The van der Waals surface area contributed by atoms with E-state index in [0.717, 1.165) is 6.42 Å². The minimum Gasteiger partial charge on any atom is -0.140 e. The minimum absolute atomic E-state index is 1.15. The van der Waals surface area contributed by atoms with Crippen molar-refractivity contribution in [1.82, 2.24) is 0 Å². The smallest absolute Gasteiger partial charge is 0.0345 e. The van der Waals surface area contributed by atoms with E-state index in [4.69, 9.17) is 0 Å². The molecule has 0 unspecified atom stereocenters. The van der Waals surface area contributed by atoms with Gasteiger partial charge in [-0.2, -0.15) is 0 Å². The Morgan fingerprint density at radius 2 is 1.41 bits per heavy atom. The molecular weight excluding hydrogens is 224 g/mol. The molecule has 0 aliphatic heterocycles. The number of hydrogen-bond acceptors (Lipinski definition) is 1. The summed E-state index contributed by atoms with van der Waals surface area (Å²) in [6.07, 6.45) is 1.15. The van der Waals surface area contributed by atoms with E-state index in [0.29, 0.717) is 0 Å². The van der Waals surface area contributed by atoms with Crippen molar-refractivity contribution in [1.29, 1.82) is 0 Å². The Labute approximate surface area is 112 Å². The van der Waals surface area contributed by atoms with Crippen LogP contribution in [-0.4, -0.2) is 0 Å². The largest absolute Gasteiger partial charge is 0.140 e. The van der Waals surface area contributed by atoms with Gasteiger partial charge >= 0.3 is 0 Å². The summed E-state index contributed by atoms with van der Waals surface area (Å²) >= 11 is 1.90. The molecule has 98 valence electrons. The molecule has 0 amide bonds. The van der Waals surface area contributed by atoms with Crippen LogP contribution in [0.5, 0.6) is 0 Å². The predicted octanol–water partition coefficient (Wildman–Crippen LogP) is 6.54. The Morgan fingerprint density at radius 3 is 1.88 bits per heavy atom. The average Bonchev–Trinajstić information content (AvgIpc) is 2.88. The molecule has 0 fully saturated rings. The Hall–Kier alpha value is -0.820. The van der Waals surface area contributed by atoms with Crippen molar-refractivity contribution in [2.75, 3.05) is 0 Å². The van der Waals surface area contributed by atoms with Crippen molar-refractivity contribution in [2.45, 2.75) is 54.9 Å². The third kappa shape index (κ3) is 6.48. The number of hydrogen-bond donors (Lipinski definition) is 0. The first kappa shape index (κ1) is 18.5. The maximum atomic E-state index is 2.28. The van der Waals surface area contributed by atoms with Crippen molar-refractivity contribution in [3.63, 3.8) is 0 Å². The summed E-state index contributed by atoms with van der Waals surface area (Å²) in [4.78, 5) is 1.48. The van der Waals surface area contributed by atoms with Crippen LogP contribution in [0.4, 0.5) is 0 Å². The Kier molecular flexibility index (Phi) is 14.4. The summed E-state index contributed by atoms with van der Waals surface area (Å²) in [6, 6.07) is 10.8. The Bertz CT molecular complexity index is 327. The van der Waals surface area contributed by atoms with Crippen molar-refractivity contribution >= 4 is 21.4 Å². The lowest BCUT2D eigenvalue weighted by Crippen LogP contribution is -1.64. The molecule has 0 saturated heterocycles. The molecule has 1 aromatic heterocycles. The fourth-order valence-electron chi connectivity index (χ4n) is 1.21. The van der Waals surface area contributed by atoms with Gasteiger partial charge in [0.25, 0.3) is 0 Å². The quantitative estimate of drug-likeness (QED) is 0.540. The third-order valence-corrected chi connectivity index (χ3v) is 3.09. The van der Waals surface area contributed by atoms with Gasteiger partial charge in [-0.05, 0) is 23.9 Å². The lowest BCUT2D eigenvalue weighted by molar-refractivity contribution is 1.19. The van der Waals surface area contributed by atoms with Gasteiger partial charge in [0.05, 0.1) is 0 Å². The summed E-state index contributed by atoms with van der Waals surface area (Å²) in [5.41, 5.74) is 0. The molecule has 0 bridgehead atoms. The van der Waals surface area contributed by atoms with Crippen LogP contribution >= 0.6 is 11.3 Å². The van der Waals surface area contributed by atoms with Gasteiger partial charge in [0.15, 0.2) is 0 Å². The van der Waals surface area contributed by atoms with Crippen LogP contribution < -0.4 is 0 Å². The molecule has 1 heterocycles. The molecule has 0 saturated carbocycles. The molecule has 0 nitrogen and oxygen atoms in total. The van der Waals surface area contributed by atoms with Crippen molar-refractivity contribution in [3.05, 3.63) is 35.2 Å². The van der Waals surface area contributed by atoms with E-state index >= 15 is 0 Å². The molecular formula is C16H28S. The van der Waals surface area contributed by atoms with Crippen LogP contribution in [0.3, 0.4) is 0 Å². The Balaban J connectivity index is 0. The maximum Gasteiger partial charge on any atom is 0.0345 e. The van der Waals surface area contributed by atoms with E-state index < -0.39 is 0 Å². The summed E-state index contributed by atoms with van der Waals surface area (Å²) in [6.45, 7) is 14.2. The first-order valence-electron chi connectivity index (χ1n) is 6.87. The molecule has 0 aliphatic rings. The van der Waals surface area contributed by atoms with E-state index in [1.54, 1.807) is 0 Å². The molecule has 0 atom stereocenters. The highest BCUT2D eigenvalue weighted by Gasteiger charge is 1.96. The lowest BCUT2D eigenvalue weighted by atomic mass is 10.2. The molecule has 2 rings (SSSR count). The van der Waals surface area contributed by atoms with Crippen LogP contribution in [0, 0.1) is 0 Å². The van der Waals surface area contributed by atoms with Crippen molar-refractivity contribution < 1.29 is 0 Å². The minimum atomic E-state index is 1.15. The highest BCUT2D eigenvalue weighted by Crippen LogP contribution is 2.25. The van der Waals surface area contributed by atoms with Crippen molar-refractivity contribution in [2.24, 2.45) is 0 Å². The van der Waals surface area contributed by atoms with Crippen LogP contribution in [-0.2, 0) is 6.42 Å². The van der Waals surface area contributed by atoms with Gasteiger partial charge in [0.2, 0.25) is 0 Å². The molecule has 17 heavy (non-hydrogen) atoms. The van der Waals surface area contributed by atoms with Gasteiger partial charge < -0.3 is 0 Å². The SMILES string of the molecule is CC.CC.CC.CCc1cc2ccccc2s1. The summed E-state index contributed by atoms with van der Waals surface area (Å²) in [5, 5.41) is 1.38. The van der Waals surface area contributed by atoms with Crippen LogP contribution in [0.2, 0.25) is 0 Å². The fourth-order valence-corrected chi connectivity index (χ4v) is 2.22. The molecule has 2 aromatic rings. The average molecular weight is 252 g/mol. The highest BCUT2D eigenvalue weighted by atomic mass is 32.1. The van der Waals surface area contributed by atoms with E-state index in [-0.39, 0.29) is 0 Å². The van der Waals surface area contributed by atoms with E-state index in [1.165, 1.54) is 15.0 Å². The second-order valence-electron chi connectivity index (χ2n) is 2.60. The van der Waals surface area contributed by atoms with Gasteiger partial charge in [-0.15, -0.1) is 11.3 Å². The number of fused-ring (bicyclic) bond motifs is 1. The molecule has 0 aliphatic carbocycles.